The fraction of sp³-hybridized carbons (Fsp3) is 0.588. The van der Waals surface area contributed by atoms with Crippen LogP contribution in [0.3, 0.4) is 0 Å². The second-order valence-electron chi connectivity index (χ2n) is 6.06. The number of halogens is 1. The van der Waals surface area contributed by atoms with Crippen molar-refractivity contribution in [1.29, 1.82) is 0 Å². The van der Waals surface area contributed by atoms with Crippen LogP contribution in [0.25, 0.3) is 0 Å². The number of benzene rings is 1. The first-order chi connectivity index (χ1) is 9.65. The van der Waals surface area contributed by atoms with Gasteiger partial charge in [0.15, 0.2) is 0 Å². The molecule has 0 aromatic heterocycles. The molecule has 0 spiro atoms. The number of nitrogens with one attached hydrogen (secondary N) is 2. The number of carbonyl (C=O) groups excluding carboxylic acids is 1. The maximum absolute atomic E-state index is 12.0. The van der Waals surface area contributed by atoms with Gasteiger partial charge in [0.2, 0.25) is 5.91 Å². The number of piperidine rings is 1. The Hall–Kier alpha value is -1.06. The molecule has 2 N–H and O–H groups in total. The Morgan fingerprint density at radius 1 is 1.33 bits per heavy atom. The Bertz CT molecular complexity index is 442. The van der Waals surface area contributed by atoms with Crippen LogP contribution >= 0.6 is 12.4 Å². The van der Waals surface area contributed by atoms with Crippen LogP contribution in [0.5, 0.6) is 0 Å². The summed E-state index contributed by atoms with van der Waals surface area (Å²) >= 11 is 0. The number of hydrogen-bond donors (Lipinski definition) is 2. The average molecular weight is 311 g/mol. The summed E-state index contributed by atoms with van der Waals surface area (Å²) in [5, 5.41) is 6.38. The lowest BCUT2D eigenvalue weighted by molar-refractivity contribution is -0.116. The van der Waals surface area contributed by atoms with Crippen LogP contribution < -0.4 is 10.6 Å². The van der Waals surface area contributed by atoms with E-state index >= 15 is 0 Å². The third-order valence-corrected chi connectivity index (χ3v) is 4.08. The van der Waals surface area contributed by atoms with Gasteiger partial charge in [-0.3, -0.25) is 4.79 Å². The minimum Gasteiger partial charge on any atom is -0.326 e. The van der Waals surface area contributed by atoms with E-state index in [9.17, 15) is 4.79 Å². The van der Waals surface area contributed by atoms with Crippen molar-refractivity contribution < 1.29 is 4.79 Å². The van der Waals surface area contributed by atoms with Crippen LogP contribution in [-0.2, 0) is 4.79 Å². The molecule has 0 radical (unpaired) electrons. The molecule has 1 fully saturated rings. The van der Waals surface area contributed by atoms with Crippen molar-refractivity contribution >= 4 is 24.0 Å². The van der Waals surface area contributed by atoms with E-state index < -0.39 is 0 Å². The van der Waals surface area contributed by atoms with Crippen LogP contribution in [0.1, 0.15) is 51.0 Å². The van der Waals surface area contributed by atoms with Crippen LogP contribution in [0, 0.1) is 5.92 Å². The fourth-order valence-corrected chi connectivity index (χ4v) is 2.70. The monoisotopic (exact) mass is 310 g/mol. The van der Waals surface area contributed by atoms with E-state index in [0.717, 1.165) is 25.2 Å². The molecule has 0 saturated carbocycles. The van der Waals surface area contributed by atoms with Gasteiger partial charge < -0.3 is 10.6 Å². The highest BCUT2D eigenvalue weighted by Crippen LogP contribution is 2.20. The Morgan fingerprint density at radius 3 is 2.71 bits per heavy atom. The van der Waals surface area contributed by atoms with Crippen LogP contribution in [0.2, 0.25) is 0 Å². The van der Waals surface area contributed by atoms with E-state index in [1.807, 2.05) is 12.1 Å². The van der Waals surface area contributed by atoms with E-state index in [4.69, 9.17) is 0 Å². The topological polar surface area (TPSA) is 41.1 Å². The average Bonchev–Trinajstić information content (AvgIpc) is 2.46. The summed E-state index contributed by atoms with van der Waals surface area (Å²) in [6, 6.07) is 8.16. The second kappa shape index (κ2) is 9.06. The molecule has 3 nitrogen and oxygen atoms in total. The molecule has 1 aromatic carbocycles. The zero-order chi connectivity index (χ0) is 14.4. The van der Waals surface area contributed by atoms with Crippen molar-refractivity contribution in [2.75, 3.05) is 18.4 Å². The zero-order valence-corrected chi connectivity index (χ0v) is 13.8. The summed E-state index contributed by atoms with van der Waals surface area (Å²) in [5.41, 5.74) is 2.19. The van der Waals surface area contributed by atoms with Crippen molar-refractivity contribution in [1.82, 2.24) is 5.32 Å². The SMILES string of the molecule is CC(C)c1cccc(NC(=O)CCC2CCNCC2)c1.Cl. The maximum atomic E-state index is 12.0. The number of rotatable bonds is 5. The summed E-state index contributed by atoms with van der Waals surface area (Å²) in [7, 11) is 0. The molecule has 1 aliphatic rings. The van der Waals surface area contributed by atoms with Gasteiger partial charge in [0.25, 0.3) is 0 Å². The molecule has 1 amide bonds. The van der Waals surface area contributed by atoms with E-state index in [2.05, 4.69) is 36.6 Å². The quantitative estimate of drug-likeness (QED) is 0.864. The summed E-state index contributed by atoms with van der Waals surface area (Å²) in [6.07, 6.45) is 4.06. The summed E-state index contributed by atoms with van der Waals surface area (Å²) in [5.74, 6) is 1.34. The standard InChI is InChI=1S/C17H26N2O.ClH/c1-13(2)15-4-3-5-16(12-15)19-17(20)7-6-14-8-10-18-11-9-14;/h3-5,12-14,18H,6-11H2,1-2H3,(H,19,20);1H. The van der Waals surface area contributed by atoms with Gasteiger partial charge in [-0.1, -0.05) is 26.0 Å². The van der Waals surface area contributed by atoms with E-state index in [0.29, 0.717) is 18.3 Å². The molecule has 0 atom stereocenters. The summed E-state index contributed by atoms with van der Waals surface area (Å²) < 4.78 is 0. The molecule has 2 rings (SSSR count). The van der Waals surface area contributed by atoms with Gasteiger partial charge in [-0.05, 0) is 61.9 Å². The second-order valence-corrected chi connectivity index (χ2v) is 6.06. The predicted octanol–water partition coefficient (Wildman–Crippen LogP) is 3.95. The summed E-state index contributed by atoms with van der Waals surface area (Å²) in [6.45, 7) is 6.53. The van der Waals surface area contributed by atoms with Gasteiger partial charge in [0.05, 0.1) is 0 Å². The van der Waals surface area contributed by atoms with E-state index in [1.165, 1.54) is 18.4 Å². The van der Waals surface area contributed by atoms with Gasteiger partial charge >= 0.3 is 0 Å². The molecule has 1 heterocycles. The van der Waals surface area contributed by atoms with Gasteiger partial charge in [-0.15, -0.1) is 12.4 Å². The lowest BCUT2D eigenvalue weighted by Gasteiger charge is -2.22. The van der Waals surface area contributed by atoms with Crippen molar-refractivity contribution in [3.63, 3.8) is 0 Å². The van der Waals surface area contributed by atoms with Crippen molar-refractivity contribution in [3.05, 3.63) is 29.8 Å². The molecule has 0 aliphatic carbocycles. The van der Waals surface area contributed by atoms with Crippen molar-refractivity contribution in [2.45, 2.75) is 45.4 Å². The van der Waals surface area contributed by atoms with Crippen LogP contribution in [0.15, 0.2) is 24.3 Å². The third-order valence-electron chi connectivity index (χ3n) is 4.08. The Morgan fingerprint density at radius 2 is 2.05 bits per heavy atom. The lowest BCUT2D eigenvalue weighted by atomic mass is 9.93. The number of carbonyl (C=O) groups is 1. The highest BCUT2D eigenvalue weighted by Gasteiger charge is 2.14. The fourth-order valence-electron chi connectivity index (χ4n) is 2.70. The molecule has 0 bridgehead atoms. The van der Waals surface area contributed by atoms with Crippen LogP contribution in [-0.4, -0.2) is 19.0 Å². The van der Waals surface area contributed by atoms with E-state index in [-0.39, 0.29) is 18.3 Å². The number of hydrogen-bond acceptors (Lipinski definition) is 2. The lowest BCUT2D eigenvalue weighted by Crippen LogP contribution is -2.28. The van der Waals surface area contributed by atoms with Gasteiger partial charge in [0.1, 0.15) is 0 Å². The van der Waals surface area contributed by atoms with Gasteiger partial charge in [-0.2, -0.15) is 0 Å². The molecule has 1 saturated heterocycles. The zero-order valence-electron chi connectivity index (χ0n) is 13.0. The summed E-state index contributed by atoms with van der Waals surface area (Å²) in [4.78, 5) is 12.0. The van der Waals surface area contributed by atoms with Gasteiger partial charge in [0, 0.05) is 12.1 Å². The Balaban J connectivity index is 0.00000220. The first-order valence-electron chi connectivity index (χ1n) is 7.75. The predicted molar refractivity (Wildman–Crippen MR) is 91.2 cm³/mol. The molecule has 118 valence electrons. The maximum Gasteiger partial charge on any atom is 0.224 e. The first kappa shape index (κ1) is 18.0. The molecule has 1 aromatic rings. The van der Waals surface area contributed by atoms with Crippen molar-refractivity contribution in [3.8, 4) is 0 Å². The first-order valence-corrected chi connectivity index (χ1v) is 7.75. The van der Waals surface area contributed by atoms with Crippen molar-refractivity contribution in [2.24, 2.45) is 5.92 Å². The normalized spacial score (nSPS) is 15.6. The molecular weight excluding hydrogens is 284 g/mol. The largest absolute Gasteiger partial charge is 0.326 e. The molecular formula is C17H27ClN2O. The minimum absolute atomic E-state index is 0. The van der Waals surface area contributed by atoms with Crippen LogP contribution in [0.4, 0.5) is 5.69 Å². The molecule has 1 aliphatic heterocycles. The highest BCUT2D eigenvalue weighted by atomic mass is 35.5. The van der Waals surface area contributed by atoms with E-state index in [1.54, 1.807) is 0 Å². The van der Waals surface area contributed by atoms with Gasteiger partial charge in [-0.25, -0.2) is 0 Å². The third kappa shape index (κ3) is 6.06. The molecule has 0 unspecified atom stereocenters. The minimum atomic E-state index is 0. The molecule has 21 heavy (non-hydrogen) atoms. The number of anilines is 1. The highest BCUT2D eigenvalue weighted by molar-refractivity contribution is 5.90. The number of amides is 1. The molecule has 4 heteroatoms. The smallest absolute Gasteiger partial charge is 0.224 e. The Kier molecular flexibility index (Phi) is 7.76. The Labute approximate surface area is 134 Å².